The second-order valence-electron chi connectivity index (χ2n) is 5.79. The van der Waals surface area contributed by atoms with Crippen molar-refractivity contribution in [3.63, 3.8) is 0 Å². The molecule has 0 aromatic heterocycles. The summed E-state index contributed by atoms with van der Waals surface area (Å²) in [5, 5.41) is 2.60. The first kappa shape index (κ1) is 20.8. The Morgan fingerprint density at radius 1 is 1.11 bits per heavy atom. The Morgan fingerprint density at radius 3 is 2.37 bits per heavy atom. The highest BCUT2D eigenvalue weighted by atomic mass is 32.2. The van der Waals surface area contributed by atoms with Crippen LogP contribution < -0.4 is 14.8 Å². The molecule has 1 atom stereocenters. The standard InChI is InChI=1S/C18H20F2N2O4S/c1-12(13-3-8-16(19)17(20)11-13)22-18(23)9-10-21-27(24,25)15-6-4-14(26-2)5-7-15/h3-8,11-12,21H,9-10H2,1-2H3,(H,22,23)/t12-/m1/s1. The van der Waals surface area contributed by atoms with Crippen LogP contribution in [0.5, 0.6) is 5.75 Å². The van der Waals surface area contributed by atoms with Crippen molar-refractivity contribution < 1.29 is 26.7 Å². The predicted molar refractivity (Wildman–Crippen MR) is 95.7 cm³/mol. The lowest BCUT2D eigenvalue weighted by atomic mass is 10.1. The first-order valence-electron chi connectivity index (χ1n) is 8.11. The third-order valence-corrected chi connectivity index (χ3v) is 5.31. The molecule has 0 heterocycles. The zero-order valence-corrected chi connectivity index (χ0v) is 15.6. The molecule has 0 saturated carbocycles. The molecule has 0 fully saturated rings. The minimum atomic E-state index is -3.75. The minimum absolute atomic E-state index is 0.0545. The van der Waals surface area contributed by atoms with Gasteiger partial charge in [0, 0.05) is 13.0 Å². The van der Waals surface area contributed by atoms with E-state index in [-0.39, 0.29) is 17.9 Å². The minimum Gasteiger partial charge on any atom is -0.497 e. The summed E-state index contributed by atoms with van der Waals surface area (Å²) in [6, 6.07) is 8.64. The molecule has 0 aliphatic rings. The lowest BCUT2D eigenvalue weighted by Crippen LogP contribution is -2.32. The quantitative estimate of drug-likeness (QED) is 0.716. The van der Waals surface area contributed by atoms with E-state index in [4.69, 9.17) is 4.74 Å². The van der Waals surface area contributed by atoms with E-state index in [2.05, 4.69) is 10.0 Å². The van der Waals surface area contributed by atoms with Crippen LogP contribution in [0.1, 0.15) is 24.9 Å². The van der Waals surface area contributed by atoms with Crippen LogP contribution in [0.2, 0.25) is 0 Å². The molecular formula is C18H20F2N2O4S. The average molecular weight is 398 g/mol. The van der Waals surface area contributed by atoms with Crippen molar-refractivity contribution in [2.24, 2.45) is 0 Å². The number of carbonyl (C=O) groups is 1. The highest BCUT2D eigenvalue weighted by Crippen LogP contribution is 2.17. The normalized spacial score (nSPS) is 12.4. The molecule has 0 aliphatic carbocycles. The average Bonchev–Trinajstić information content (AvgIpc) is 2.63. The summed E-state index contributed by atoms with van der Waals surface area (Å²) in [7, 11) is -2.27. The SMILES string of the molecule is COc1ccc(S(=O)(=O)NCCC(=O)N[C@H](C)c2ccc(F)c(F)c2)cc1. The monoisotopic (exact) mass is 398 g/mol. The summed E-state index contributed by atoms with van der Waals surface area (Å²) in [5.74, 6) is -1.87. The van der Waals surface area contributed by atoms with Crippen LogP contribution in [0.15, 0.2) is 47.4 Å². The van der Waals surface area contributed by atoms with Crippen molar-refractivity contribution in [2.45, 2.75) is 24.3 Å². The highest BCUT2D eigenvalue weighted by molar-refractivity contribution is 7.89. The van der Waals surface area contributed by atoms with Gasteiger partial charge < -0.3 is 10.1 Å². The Kier molecular flexibility index (Phi) is 6.86. The highest BCUT2D eigenvalue weighted by Gasteiger charge is 2.16. The fraction of sp³-hybridized carbons (Fsp3) is 0.278. The second-order valence-corrected chi connectivity index (χ2v) is 7.55. The van der Waals surface area contributed by atoms with Gasteiger partial charge in [-0.05, 0) is 48.9 Å². The third-order valence-electron chi connectivity index (χ3n) is 3.84. The first-order valence-corrected chi connectivity index (χ1v) is 9.59. The van der Waals surface area contributed by atoms with E-state index in [1.54, 1.807) is 6.92 Å². The summed E-state index contributed by atoms with van der Waals surface area (Å²) in [5.41, 5.74) is 0.404. The van der Waals surface area contributed by atoms with Gasteiger partial charge in [-0.3, -0.25) is 4.79 Å². The van der Waals surface area contributed by atoms with E-state index in [9.17, 15) is 22.0 Å². The van der Waals surface area contributed by atoms with E-state index in [1.807, 2.05) is 0 Å². The molecule has 2 aromatic rings. The van der Waals surface area contributed by atoms with Gasteiger partial charge >= 0.3 is 0 Å². The molecule has 146 valence electrons. The number of rotatable bonds is 8. The Bertz CT molecular complexity index is 902. The molecule has 27 heavy (non-hydrogen) atoms. The Balaban J connectivity index is 1.86. The van der Waals surface area contributed by atoms with Crippen LogP contribution in [0, 0.1) is 11.6 Å². The fourth-order valence-corrected chi connectivity index (χ4v) is 3.35. The van der Waals surface area contributed by atoms with E-state index in [0.717, 1.165) is 12.1 Å². The molecule has 0 bridgehead atoms. The summed E-state index contributed by atoms with van der Waals surface area (Å²) in [4.78, 5) is 12.0. The van der Waals surface area contributed by atoms with Crippen LogP contribution in [0.4, 0.5) is 8.78 Å². The van der Waals surface area contributed by atoms with Crippen LogP contribution in [0.3, 0.4) is 0 Å². The number of nitrogens with one attached hydrogen (secondary N) is 2. The summed E-state index contributed by atoms with van der Waals surface area (Å²) >= 11 is 0. The van der Waals surface area contributed by atoms with Crippen molar-refractivity contribution >= 4 is 15.9 Å². The number of carbonyl (C=O) groups excluding carboxylic acids is 1. The number of halogens is 2. The molecule has 6 nitrogen and oxygen atoms in total. The van der Waals surface area contributed by atoms with E-state index < -0.39 is 33.6 Å². The van der Waals surface area contributed by atoms with E-state index in [1.165, 1.54) is 37.4 Å². The molecule has 0 spiro atoms. The molecule has 9 heteroatoms. The number of methoxy groups -OCH3 is 1. The van der Waals surface area contributed by atoms with Crippen LogP contribution in [-0.4, -0.2) is 28.0 Å². The van der Waals surface area contributed by atoms with Crippen molar-refractivity contribution in [3.05, 3.63) is 59.7 Å². The Hall–Kier alpha value is -2.52. The van der Waals surface area contributed by atoms with Gasteiger partial charge in [0.2, 0.25) is 15.9 Å². The van der Waals surface area contributed by atoms with Crippen LogP contribution in [0.25, 0.3) is 0 Å². The molecule has 2 N–H and O–H groups in total. The number of amides is 1. The molecule has 0 saturated heterocycles. The van der Waals surface area contributed by atoms with Gasteiger partial charge in [0.1, 0.15) is 5.75 Å². The smallest absolute Gasteiger partial charge is 0.240 e. The van der Waals surface area contributed by atoms with Gasteiger partial charge in [-0.15, -0.1) is 0 Å². The molecule has 0 aliphatic heterocycles. The summed E-state index contributed by atoms with van der Waals surface area (Å²) < 4.78 is 57.8. The number of ether oxygens (including phenoxy) is 1. The van der Waals surface area contributed by atoms with Crippen molar-refractivity contribution in [2.75, 3.05) is 13.7 Å². The molecule has 2 aromatic carbocycles. The van der Waals surface area contributed by atoms with Crippen LogP contribution >= 0.6 is 0 Å². The van der Waals surface area contributed by atoms with E-state index >= 15 is 0 Å². The molecule has 2 rings (SSSR count). The first-order chi connectivity index (χ1) is 12.7. The van der Waals surface area contributed by atoms with Crippen molar-refractivity contribution in [1.82, 2.24) is 10.0 Å². The molecule has 0 unspecified atom stereocenters. The predicted octanol–water partition coefficient (Wildman–Crippen LogP) is 2.52. The van der Waals surface area contributed by atoms with Crippen LogP contribution in [-0.2, 0) is 14.8 Å². The molecule has 0 radical (unpaired) electrons. The number of sulfonamides is 1. The van der Waals surface area contributed by atoms with Gasteiger partial charge in [-0.25, -0.2) is 21.9 Å². The van der Waals surface area contributed by atoms with Gasteiger partial charge in [0.15, 0.2) is 11.6 Å². The number of hydrogen-bond donors (Lipinski definition) is 2. The maximum Gasteiger partial charge on any atom is 0.240 e. The Labute approximate surface area is 156 Å². The summed E-state index contributed by atoms with van der Waals surface area (Å²) in [6.45, 7) is 1.51. The molecular weight excluding hydrogens is 378 g/mol. The lowest BCUT2D eigenvalue weighted by molar-refractivity contribution is -0.121. The van der Waals surface area contributed by atoms with Gasteiger partial charge in [-0.2, -0.15) is 0 Å². The lowest BCUT2D eigenvalue weighted by Gasteiger charge is -2.15. The second kappa shape index (κ2) is 8.92. The fourth-order valence-electron chi connectivity index (χ4n) is 2.32. The zero-order valence-electron chi connectivity index (χ0n) is 14.8. The largest absolute Gasteiger partial charge is 0.497 e. The maximum absolute atomic E-state index is 13.2. The number of hydrogen-bond acceptors (Lipinski definition) is 4. The van der Waals surface area contributed by atoms with Crippen molar-refractivity contribution in [3.8, 4) is 5.75 Å². The van der Waals surface area contributed by atoms with Gasteiger partial charge in [0.25, 0.3) is 0 Å². The van der Waals surface area contributed by atoms with Gasteiger partial charge in [0.05, 0.1) is 18.0 Å². The third kappa shape index (κ3) is 5.73. The summed E-state index contributed by atoms with van der Waals surface area (Å²) in [6.07, 6.45) is -0.108. The topological polar surface area (TPSA) is 84.5 Å². The van der Waals surface area contributed by atoms with Crippen molar-refractivity contribution in [1.29, 1.82) is 0 Å². The Morgan fingerprint density at radius 2 is 1.78 bits per heavy atom. The maximum atomic E-state index is 13.2. The zero-order chi connectivity index (χ0) is 20.0. The van der Waals surface area contributed by atoms with E-state index in [0.29, 0.717) is 11.3 Å². The number of benzene rings is 2. The van der Waals surface area contributed by atoms with Gasteiger partial charge in [-0.1, -0.05) is 6.07 Å². The molecule has 1 amide bonds.